The normalized spacial score (nSPS) is 13.5. The van der Waals surface area contributed by atoms with E-state index in [1.807, 2.05) is 24.3 Å². The van der Waals surface area contributed by atoms with Gasteiger partial charge in [0.15, 0.2) is 0 Å². The van der Waals surface area contributed by atoms with Gasteiger partial charge in [-0.15, -0.1) is 0 Å². The van der Waals surface area contributed by atoms with Crippen LogP contribution in [0.1, 0.15) is 5.56 Å². The number of anilines is 1. The highest BCUT2D eigenvalue weighted by Crippen LogP contribution is 2.15. The first-order valence-corrected chi connectivity index (χ1v) is 3.43. The fourth-order valence-corrected chi connectivity index (χ4v) is 0.978. The first-order valence-electron chi connectivity index (χ1n) is 3.43. The number of hydrazone groups is 1. The number of rotatable bonds is 0. The number of allylic oxidation sites excluding steroid dienone is 1. The Balaban J connectivity index is 2.52. The van der Waals surface area contributed by atoms with E-state index in [-0.39, 0.29) is 0 Å². The second-order valence-electron chi connectivity index (χ2n) is 2.25. The third-order valence-electron chi connectivity index (χ3n) is 1.50. The van der Waals surface area contributed by atoms with Crippen LogP contribution in [-0.2, 0) is 0 Å². The van der Waals surface area contributed by atoms with Gasteiger partial charge in [-0.3, -0.25) is 5.43 Å². The first kappa shape index (κ1) is 6.16. The van der Waals surface area contributed by atoms with Gasteiger partial charge in [0.2, 0.25) is 0 Å². The number of para-hydroxylation sites is 1. The Kier molecular flexibility index (Phi) is 1.44. The lowest BCUT2D eigenvalue weighted by Gasteiger charge is -2.00. The van der Waals surface area contributed by atoms with Crippen LogP contribution in [0.25, 0.3) is 0 Å². The molecule has 0 amide bonds. The summed E-state index contributed by atoms with van der Waals surface area (Å²) in [5.41, 5.74) is 4.94. The van der Waals surface area contributed by atoms with Crippen molar-refractivity contribution in [3.05, 3.63) is 42.0 Å². The highest BCUT2D eigenvalue weighted by molar-refractivity contribution is 5.75. The molecule has 2 heteroatoms. The van der Waals surface area contributed by atoms with Gasteiger partial charge >= 0.3 is 0 Å². The molecule has 11 heavy (non-hydrogen) atoms. The maximum atomic E-state index is 3.92. The van der Waals surface area contributed by atoms with Gasteiger partial charge in [0.05, 0.1) is 5.69 Å². The van der Waals surface area contributed by atoms with Gasteiger partial charge in [0.25, 0.3) is 0 Å². The van der Waals surface area contributed by atoms with Crippen LogP contribution in [0.5, 0.6) is 0 Å². The Morgan fingerprint density at radius 2 is 2.18 bits per heavy atom. The molecule has 53 valence electrons. The molecule has 0 aliphatic carbocycles. The second kappa shape index (κ2) is 2.58. The number of fused-ring (bicyclic) bond motifs is 1. The SMILES string of the molecule is [C]1=CC=NNc2ccccc21. The molecule has 0 spiro atoms. The smallest absolute Gasteiger partial charge is 0.0640 e. The molecule has 0 bridgehead atoms. The third kappa shape index (κ3) is 1.15. The molecular formula is C9H7N2. The highest BCUT2D eigenvalue weighted by Gasteiger charge is 1.97. The Labute approximate surface area is 65.2 Å². The molecule has 1 radical (unpaired) electrons. The largest absolute Gasteiger partial charge is 0.278 e. The topological polar surface area (TPSA) is 24.4 Å². The quantitative estimate of drug-likeness (QED) is 0.588. The van der Waals surface area contributed by atoms with Crippen LogP contribution in [0.4, 0.5) is 5.69 Å². The fraction of sp³-hybridized carbons (Fsp3) is 0. The van der Waals surface area contributed by atoms with Crippen LogP contribution in [-0.4, -0.2) is 6.21 Å². The summed E-state index contributed by atoms with van der Waals surface area (Å²) < 4.78 is 0. The maximum absolute atomic E-state index is 3.92. The maximum Gasteiger partial charge on any atom is 0.0640 e. The second-order valence-corrected chi connectivity index (χ2v) is 2.25. The molecule has 1 aliphatic rings. The fourth-order valence-electron chi connectivity index (χ4n) is 0.978. The van der Waals surface area contributed by atoms with Crippen molar-refractivity contribution in [1.29, 1.82) is 0 Å². The lowest BCUT2D eigenvalue weighted by molar-refractivity contribution is 1.35. The van der Waals surface area contributed by atoms with E-state index in [1.54, 1.807) is 12.3 Å². The molecule has 1 heterocycles. The summed E-state index contributed by atoms with van der Waals surface area (Å²) in [6, 6.07) is 7.91. The zero-order valence-corrected chi connectivity index (χ0v) is 5.91. The minimum atomic E-state index is 0.998. The van der Waals surface area contributed by atoms with E-state index < -0.39 is 0 Å². The standard InChI is InChI=1S/C9H7N2/c1-2-6-9-8(4-1)5-3-7-10-11-9/h1-4,6-7,11H. The van der Waals surface area contributed by atoms with Crippen molar-refractivity contribution in [2.45, 2.75) is 0 Å². The highest BCUT2D eigenvalue weighted by atomic mass is 15.3. The summed E-state index contributed by atoms with van der Waals surface area (Å²) in [4.78, 5) is 0. The number of nitrogens with zero attached hydrogens (tertiary/aromatic N) is 1. The zero-order chi connectivity index (χ0) is 7.52. The number of hydrogen-bond acceptors (Lipinski definition) is 2. The predicted octanol–water partition coefficient (Wildman–Crippen LogP) is 1.81. The molecular weight excluding hydrogens is 136 g/mol. The number of hydrogen-bond donors (Lipinski definition) is 1. The van der Waals surface area contributed by atoms with E-state index in [4.69, 9.17) is 0 Å². The number of nitrogens with one attached hydrogen (secondary N) is 1. The van der Waals surface area contributed by atoms with Gasteiger partial charge in [-0.2, -0.15) is 5.10 Å². The zero-order valence-electron chi connectivity index (χ0n) is 5.91. The van der Waals surface area contributed by atoms with Crippen molar-refractivity contribution < 1.29 is 0 Å². The summed E-state index contributed by atoms with van der Waals surface area (Å²) in [5.74, 6) is 0. The molecule has 0 saturated carbocycles. The summed E-state index contributed by atoms with van der Waals surface area (Å²) in [5, 5.41) is 3.92. The van der Waals surface area contributed by atoms with Crippen molar-refractivity contribution in [2.75, 3.05) is 5.43 Å². The van der Waals surface area contributed by atoms with Crippen LogP contribution >= 0.6 is 0 Å². The van der Waals surface area contributed by atoms with Gasteiger partial charge in [-0.25, -0.2) is 0 Å². The monoisotopic (exact) mass is 143 g/mol. The van der Waals surface area contributed by atoms with Crippen LogP contribution in [0.15, 0.2) is 35.4 Å². The Morgan fingerprint density at radius 1 is 1.27 bits per heavy atom. The summed E-state index contributed by atoms with van der Waals surface area (Å²) in [7, 11) is 0. The first-order chi connectivity index (χ1) is 5.47. The van der Waals surface area contributed by atoms with Crippen LogP contribution in [0.2, 0.25) is 0 Å². The Bertz CT molecular complexity index is 313. The van der Waals surface area contributed by atoms with E-state index in [0.29, 0.717) is 0 Å². The average molecular weight is 143 g/mol. The third-order valence-corrected chi connectivity index (χ3v) is 1.50. The molecule has 1 N–H and O–H groups in total. The summed E-state index contributed by atoms with van der Waals surface area (Å²) in [6.45, 7) is 0. The van der Waals surface area contributed by atoms with Crippen molar-refractivity contribution in [3.8, 4) is 0 Å². The van der Waals surface area contributed by atoms with Gasteiger partial charge in [0, 0.05) is 11.8 Å². The van der Waals surface area contributed by atoms with Crippen molar-refractivity contribution in [2.24, 2.45) is 5.10 Å². The molecule has 0 unspecified atom stereocenters. The van der Waals surface area contributed by atoms with Crippen molar-refractivity contribution >= 4 is 11.9 Å². The molecule has 2 nitrogen and oxygen atoms in total. The molecule has 1 aromatic rings. The molecule has 2 rings (SSSR count). The Hall–Kier alpha value is -1.57. The molecule has 1 aliphatic heterocycles. The van der Waals surface area contributed by atoms with E-state index in [0.717, 1.165) is 11.3 Å². The molecule has 1 aromatic carbocycles. The predicted molar refractivity (Wildman–Crippen MR) is 45.5 cm³/mol. The van der Waals surface area contributed by atoms with E-state index in [2.05, 4.69) is 16.6 Å². The molecule has 0 fully saturated rings. The average Bonchev–Trinajstić information content (AvgIpc) is 2.28. The lowest BCUT2D eigenvalue weighted by atomic mass is 10.2. The van der Waals surface area contributed by atoms with Gasteiger partial charge in [-0.1, -0.05) is 18.2 Å². The summed E-state index contributed by atoms with van der Waals surface area (Å²) >= 11 is 0. The lowest BCUT2D eigenvalue weighted by Crippen LogP contribution is -1.88. The van der Waals surface area contributed by atoms with Gasteiger partial charge in [-0.05, 0) is 18.2 Å². The van der Waals surface area contributed by atoms with Gasteiger partial charge in [0.1, 0.15) is 0 Å². The van der Waals surface area contributed by atoms with E-state index in [1.165, 1.54) is 0 Å². The molecule has 0 aromatic heterocycles. The van der Waals surface area contributed by atoms with E-state index in [9.17, 15) is 0 Å². The van der Waals surface area contributed by atoms with Crippen LogP contribution in [0.3, 0.4) is 0 Å². The number of benzene rings is 1. The van der Waals surface area contributed by atoms with Gasteiger partial charge < -0.3 is 0 Å². The molecule has 0 saturated heterocycles. The van der Waals surface area contributed by atoms with Crippen molar-refractivity contribution in [3.63, 3.8) is 0 Å². The minimum Gasteiger partial charge on any atom is -0.278 e. The van der Waals surface area contributed by atoms with E-state index >= 15 is 0 Å². The molecule has 0 atom stereocenters. The van der Waals surface area contributed by atoms with Crippen LogP contribution in [0, 0.1) is 6.08 Å². The van der Waals surface area contributed by atoms with Crippen molar-refractivity contribution in [1.82, 2.24) is 0 Å². The minimum absolute atomic E-state index is 0.998. The summed E-state index contributed by atoms with van der Waals surface area (Å²) in [6.07, 6.45) is 6.56. The Morgan fingerprint density at radius 3 is 3.18 bits per heavy atom. The van der Waals surface area contributed by atoms with Crippen LogP contribution < -0.4 is 5.43 Å².